The van der Waals surface area contributed by atoms with E-state index in [2.05, 4.69) is 0 Å². The number of cyclic esters (lactones) is 1. The van der Waals surface area contributed by atoms with E-state index >= 15 is 0 Å². The molecule has 1 rings (SSSR count). The largest absolute Gasteiger partial charge is 0.461 e. The minimum atomic E-state index is -0.607. The maximum absolute atomic E-state index is 11.5. The number of ether oxygens (including phenoxy) is 2. The lowest BCUT2D eigenvalue weighted by atomic mass is 9.96. The minimum Gasteiger partial charge on any atom is -0.461 e. The van der Waals surface area contributed by atoms with E-state index in [9.17, 15) is 9.90 Å². The molecule has 0 bridgehead atoms. The summed E-state index contributed by atoms with van der Waals surface area (Å²) in [6.45, 7) is 4.13. The van der Waals surface area contributed by atoms with E-state index in [-0.39, 0.29) is 18.0 Å². The molecule has 0 aromatic rings. The Labute approximate surface area is 121 Å². The highest BCUT2D eigenvalue weighted by molar-refractivity contribution is 5.69. The Balaban J connectivity index is 2.78. The van der Waals surface area contributed by atoms with Crippen molar-refractivity contribution in [1.29, 1.82) is 0 Å². The fourth-order valence-corrected chi connectivity index (χ4v) is 2.25. The van der Waals surface area contributed by atoms with E-state index in [0.717, 1.165) is 24.8 Å². The van der Waals surface area contributed by atoms with Gasteiger partial charge in [0.1, 0.15) is 12.7 Å². The molecule has 0 fully saturated rings. The average molecular weight is 282 g/mol. The smallest absolute Gasteiger partial charge is 0.306 e. The van der Waals surface area contributed by atoms with Crippen LogP contribution in [0.4, 0.5) is 0 Å². The SMILES string of the molecule is COC1/C=C/CCCCC(=O)OC/C(C)=C\[C@@H](C)[C@@H]1O. The van der Waals surface area contributed by atoms with Crippen LogP contribution in [0.1, 0.15) is 39.5 Å². The molecule has 1 unspecified atom stereocenters. The number of hydrogen-bond acceptors (Lipinski definition) is 4. The lowest BCUT2D eigenvalue weighted by molar-refractivity contribution is -0.142. The predicted molar refractivity (Wildman–Crippen MR) is 78.3 cm³/mol. The van der Waals surface area contributed by atoms with Crippen LogP contribution in [-0.2, 0) is 14.3 Å². The first-order chi connectivity index (χ1) is 9.54. The van der Waals surface area contributed by atoms with E-state index in [1.165, 1.54) is 0 Å². The summed E-state index contributed by atoms with van der Waals surface area (Å²) in [5.74, 6) is -0.215. The highest BCUT2D eigenvalue weighted by Gasteiger charge is 2.21. The van der Waals surface area contributed by atoms with Crippen molar-refractivity contribution in [3.8, 4) is 0 Å². The summed E-state index contributed by atoms with van der Waals surface area (Å²) < 4.78 is 10.5. The molecule has 0 amide bonds. The van der Waals surface area contributed by atoms with Gasteiger partial charge in [-0.3, -0.25) is 4.79 Å². The third-order valence-electron chi connectivity index (χ3n) is 3.48. The second-order valence-electron chi connectivity index (χ2n) is 5.40. The number of esters is 1. The van der Waals surface area contributed by atoms with E-state index in [1.807, 2.05) is 32.1 Å². The standard InChI is InChI=1S/C16H26O4/c1-12-10-13(2)16(18)14(19-3)8-6-4-5-7-9-15(17)20-11-12/h6,8,10,13-14,16,18H,4-5,7,9,11H2,1-3H3/b8-6+,12-10-/t13-,14?,16+/m1/s1. The topological polar surface area (TPSA) is 55.8 Å². The number of rotatable bonds is 1. The number of methoxy groups -OCH3 is 1. The normalized spacial score (nSPS) is 34.5. The molecule has 0 aromatic heterocycles. The molecule has 0 saturated carbocycles. The van der Waals surface area contributed by atoms with Crippen molar-refractivity contribution in [2.24, 2.45) is 5.92 Å². The van der Waals surface area contributed by atoms with Gasteiger partial charge in [0.2, 0.25) is 0 Å². The van der Waals surface area contributed by atoms with Crippen molar-refractivity contribution >= 4 is 5.97 Å². The molecule has 0 aromatic carbocycles. The average Bonchev–Trinajstić information content (AvgIpc) is 2.43. The van der Waals surface area contributed by atoms with Crippen LogP contribution >= 0.6 is 0 Å². The summed E-state index contributed by atoms with van der Waals surface area (Å²) in [7, 11) is 1.60. The third kappa shape index (κ3) is 5.88. The number of aliphatic hydroxyl groups is 1. The molecule has 0 spiro atoms. The van der Waals surface area contributed by atoms with Crippen molar-refractivity contribution in [1.82, 2.24) is 0 Å². The van der Waals surface area contributed by atoms with Crippen molar-refractivity contribution in [3.05, 3.63) is 23.8 Å². The Bertz CT molecular complexity index is 359. The molecular weight excluding hydrogens is 256 g/mol. The lowest BCUT2D eigenvalue weighted by Gasteiger charge is -2.23. The summed E-state index contributed by atoms with van der Waals surface area (Å²) in [6.07, 6.45) is 8.04. The summed E-state index contributed by atoms with van der Waals surface area (Å²) >= 11 is 0. The fraction of sp³-hybridized carbons (Fsp3) is 0.688. The highest BCUT2D eigenvalue weighted by atomic mass is 16.5. The zero-order valence-electron chi connectivity index (χ0n) is 12.7. The number of aliphatic hydroxyl groups excluding tert-OH is 1. The lowest BCUT2D eigenvalue weighted by Crippen LogP contribution is -2.31. The van der Waals surface area contributed by atoms with Gasteiger partial charge in [-0.15, -0.1) is 0 Å². The summed E-state index contributed by atoms with van der Waals surface area (Å²) in [6, 6.07) is 0. The van der Waals surface area contributed by atoms with Crippen molar-refractivity contribution in [3.63, 3.8) is 0 Å². The summed E-state index contributed by atoms with van der Waals surface area (Å²) in [4.78, 5) is 11.5. The Morgan fingerprint density at radius 3 is 2.85 bits per heavy atom. The number of allylic oxidation sites excluding steroid dienone is 1. The van der Waals surface area contributed by atoms with Crippen molar-refractivity contribution in [2.75, 3.05) is 13.7 Å². The molecule has 0 saturated heterocycles. The molecular formula is C16H26O4. The maximum atomic E-state index is 11.5. The summed E-state index contributed by atoms with van der Waals surface area (Å²) in [5, 5.41) is 10.3. The van der Waals surface area contributed by atoms with E-state index in [1.54, 1.807) is 7.11 Å². The van der Waals surface area contributed by atoms with Crippen LogP contribution < -0.4 is 0 Å². The van der Waals surface area contributed by atoms with Gasteiger partial charge >= 0.3 is 5.97 Å². The molecule has 4 nitrogen and oxygen atoms in total. The monoisotopic (exact) mass is 282 g/mol. The predicted octanol–water partition coefficient (Wildman–Crippen LogP) is 2.62. The number of hydrogen-bond donors (Lipinski definition) is 1. The molecule has 1 aliphatic heterocycles. The van der Waals surface area contributed by atoms with Crippen LogP contribution in [0.2, 0.25) is 0 Å². The number of carbonyl (C=O) groups excluding carboxylic acids is 1. The Kier molecular flexibility index (Phi) is 7.55. The second kappa shape index (κ2) is 8.93. The van der Waals surface area contributed by atoms with Crippen LogP contribution in [0.25, 0.3) is 0 Å². The molecule has 4 heteroatoms. The van der Waals surface area contributed by atoms with Gasteiger partial charge in [-0.05, 0) is 31.8 Å². The fourth-order valence-electron chi connectivity index (χ4n) is 2.25. The first-order valence-electron chi connectivity index (χ1n) is 7.25. The minimum absolute atomic E-state index is 0.0637. The zero-order chi connectivity index (χ0) is 15.0. The molecule has 1 heterocycles. The van der Waals surface area contributed by atoms with Crippen molar-refractivity contribution < 1.29 is 19.4 Å². The first-order valence-corrected chi connectivity index (χ1v) is 7.25. The molecule has 20 heavy (non-hydrogen) atoms. The van der Waals surface area contributed by atoms with Gasteiger partial charge < -0.3 is 14.6 Å². The van der Waals surface area contributed by atoms with Crippen LogP contribution in [0, 0.1) is 5.92 Å². The quantitative estimate of drug-likeness (QED) is 0.593. The summed E-state index contributed by atoms with van der Waals surface area (Å²) in [5.41, 5.74) is 0.945. The van der Waals surface area contributed by atoms with Gasteiger partial charge in [0.25, 0.3) is 0 Å². The van der Waals surface area contributed by atoms with Gasteiger partial charge in [-0.1, -0.05) is 25.2 Å². The van der Waals surface area contributed by atoms with Crippen molar-refractivity contribution in [2.45, 2.75) is 51.7 Å². The Morgan fingerprint density at radius 1 is 1.40 bits per heavy atom. The highest BCUT2D eigenvalue weighted by Crippen LogP contribution is 2.16. The molecule has 1 N–H and O–H groups in total. The van der Waals surface area contributed by atoms with E-state index in [0.29, 0.717) is 13.0 Å². The van der Waals surface area contributed by atoms with E-state index in [4.69, 9.17) is 9.47 Å². The van der Waals surface area contributed by atoms with Crippen LogP contribution in [0.15, 0.2) is 23.8 Å². The number of carbonyl (C=O) groups is 1. The first kappa shape index (κ1) is 16.9. The maximum Gasteiger partial charge on any atom is 0.306 e. The van der Waals surface area contributed by atoms with Gasteiger partial charge in [0.05, 0.1) is 6.10 Å². The second-order valence-corrected chi connectivity index (χ2v) is 5.40. The molecule has 3 atom stereocenters. The Hall–Kier alpha value is -1.13. The van der Waals surface area contributed by atoms with E-state index < -0.39 is 6.10 Å². The molecule has 0 radical (unpaired) electrons. The van der Waals surface area contributed by atoms with Gasteiger partial charge in [-0.2, -0.15) is 0 Å². The van der Waals surface area contributed by atoms with Gasteiger partial charge in [0, 0.05) is 19.4 Å². The molecule has 1 aliphatic rings. The third-order valence-corrected chi connectivity index (χ3v) is 3.48. The van der Waals surface area contributed by atoms with Gasteiger partial charge in [0.15, 0.2) is 0 Å². The molecule has 114 valence electrons. The zero-order valence-corrected chi connectivity index (χ0v) is 12.7. The Morgan fingerprint density at radius 2 is 2.15 bits per heavy atom. The van der Waals surface area contributed by atoms with Gasteiger partial charge in [-0.25, -0.2) is 0 Å². The van der Waals surface area contributed by atoms with Crippen LogP contribution in [0.3, 0.4) is 0 Å². The van der Waals surface area contributed by atoms with Crippen LogP contribution in [-0.4, -0.2) is 37.0 Å². The molecule has 0 aliphatic carbocycles. The van der Waals surface area contributed by atoms with Crippen LogP contribution in [0.5, 0.6) is 0 Å².